The van der Waals surface area contributed by atoms with E-state index in [2.05, 4.69) is 15.0 Å². The minimum Gasteiger partial charge on any atom is -0.465 e. The maximum absolute atomic E-state index is 11.4. The number of methoxy groups -OCH3 is 1. The first-order chi connectivity index (χ1) is 7.31. The molecular formula is C11H14N2O2. The molecule has 2 rings (SSSR count). The Morgan fingerprint density at radius 3 is 3.13 bits per heavy atom. The van der Waals surface area contributed by atoms with E-state index >= 15 is 0 Å². The number of hydrogen-bond acceptors (Lipinski definition) is 4. The van der Waals surface area contributed by atoms with Gasteiger partial charge in [0.05, 0.1) is 7.11 Å². The van der Waals surface area contributed by atoms with Gasteiger partial charge in [-0.3, -0.25) is 0 Å². The summed E-state index contributed by atoms with van der Waals surface area (Å²) < 4.78 is 4.68. The Morgan fingerprint density at radius 2 is 2.47 bits per heavy atom. The van der Waals surface area contributed by atoms with Gasteiger partial charge in [0, 0.05) is 12.7 Å². The summed E-state index contributed by atoms with van der Waals surface area (Å²) in [4.78, 5) is 15.5. The van der Waals surface area contributed by atoms with Gasteiger partial charge in [0.15, 0.2) is 0 Å². The van der Waals surface area contributed by atoms with Crippen LogP contribution in [0.4, 0.5) is 5.82 Å². The van der Waals surface area contributed by atoms with Gasteiger partial charge in [-0.2, -0.15) is 0 Å². The molecule has 1 heterocycles. The molecule has 0 radical (unpaired) electrons. The molecule has 0 bridgehead atoms. The number of ether oxygens (including phenoxy) is 1. The lowest BCUT2D eigenvalue weighted by atomic mass is 10.2. The van der Waals surface area contributed by atoms with Gasteiger partial charge in [0.1, 0.15) is 11.4 Å². The number of nitrogens with one attached hydrogen (secondary N) is 1. The molecule has 1 aliphatic rings. The first-order valence-electron chi connectivity index (χ1n) is 5.08. The first-order valence-corrected chi connectivity index (χ1v) is 5.08. The molecule has 0 aromatic carbocycles. The van der Waals surface area contributed by atoms with Crippen LogP contribution in [0.25, 0.3) is 0 Å². The molecule has 0 unspecified atom stereocenters. The van der Waals surface area contributed by atoms with Crippen molar-refractivity contribution in [3.05, 3.63) is 23.9 Å². The standard InChI is InChI=1S/C11H14N2O2/c1-15-11(14)9-3-2-6-12-10(9)13-7-8-4-5-8/h2-3,6,8H,4-5,7H2,1H3,(H,12,13). The lowest BCUT2D eigenvalue weighted by Gasteiger charge is -2.08. The Kier molecular flexibility index (Phi) is 2.85. The summed E-state index contributed by atoms with van der Waals surface area (Å²) in [7, 11) is 1.38. The molecule has 0 amide bonds. The summed E-state index contributed by atoms with van der Waals surface area (Å²) in [6.07, 6.45) is 4.21. The lowest BCUT2D eigenvalue weighted by Crippen LogP contribution is -2.11. The third-order valence-corrected chi connectivity index (χ3v) is 2.47. The molecule has 0 atom stereocenters. The normalized spacial score (nSPS) is 14.7. The number of esters is 1. The van der Waals surface area contributed by atoms with E-state index in [1.54, 1.807) is 18.3 Å². The lowest BCUT2D eigenvalue weighted by molar-refractivity contribution is 0.0601. The average Bonchev–Trinajstić information content (AvgIpc) is 3.09. The van der Waals surface area contributed by atoms with Gasteiger partial charge >= 0.3 is 5.97 Å². The van der Waals surface area contributed by atoms with Crippen LogP contribution in [-0.4, -0.2) is 24.6 Å². The van der Waals surface area contributed by atoms with Crippen LogP contribution in [0.2, 0.25) is 0 Å². The average molecular weight is 206 g/mol. The molecule has 1 fully saturated rings. The van der Waals surface area contributed by atoms with Gasteiger partial charge in [0.2, 0.25) is 0 Å². The van der Waals surface area contributed by atoms with Crippen LogP contribution in [0.5, 0.6) is 0 Å². The summed E-state index contributed by atoms with van der Waals surface area (Å²) in [5, 5.41) is 3.18. The van der Waals surface area contributed by atoms with Crippen LogP contribution >= 0.6 is 0 Å². The summed E-state index contributed by atoms with van der Waals surface area (Å²) in [6, 6.07) is 3.45. The molecule has 4 nitrogen and oxygen atoms in total. The zero-order valence-electron chi connectivity index (χ0n) is 8.69. The number of rotatable bonds is 4. The van der Waals surface area contributed by atoms with Gasteiger partial charge in [-0.05, 0) is 30.9 Å². The van der Waals surface area contributed by atoms with Crippen LogP contribution in [0.15, 0.2) is 18.3 Å². The van der Waals surface area contributed by atoms with Crippen LogP contribution in [0.1, 0.15) is 23.2 Å². The fourth-order valence-electron chi connectivity index (χ4n) is 1.38. The number of carbonyl (C=O) groups excluding carboxylic acids is 1. The maximum atomic E-state index is 11.4. The van der Waals surface area contributed by atoms with E-state index in [4.69, 9.17) is 0 Å². The van der Waals surface area contributed by atoms with E-state index in [0.717, 1.165) is 12.5 Å². The molecule has 1 aliphatic carbocycles. The highest BCUT2D eigenvalue weighted by molar-refractivity contribution is 5.94. The van der Waals surface area contributed by atoms with Crippen molar-refractivity contribution < 1.29 is 9.53 Å². The Labute approximate surface area is 88.7 Å². The quantitative estimate of drug-likeness (QED) is 0.762. The fourth-order valence-corrected chi connectivity index (χ4v) is 1.38. The fraction of sp³-hybridized carbons (Fsp3) is 0.455. The minimum absolute atomic E-state index is 0.346. The second-order valence-corrected chi connectivity index (χ2v) is 3.72. The molecule has 1 aromatic heterocycles. The Morgan fingerprint density at radius 1 is 1.67 bits per heavy atom. The highest BCUT2D eigenvalue weighted by Gasteiger charge is 2.22. The minimum atomic E-state index is -0.346. The second-order valence-electron chi connectivity index (χ2n) is 3.72. The summed E-state index contributed by atoms with van der Waals surface area (Å²) in [6.45, 7) is 0.890. The van der Waals surface area contributed by atoms with Crippen molar-refractivity contribution in [1.82, 2.24) is 4.98 Å². The van der Waals surface area contributed by atoms with Crippen molar-refractivity contribution in [3.63, 3.8) is 0 Å². The van der Waals surface area contributed by atoms with Crippen molar-refractivity contribution in [2.24, 2.45) is 5.92 Å². The van der Waals surface area contributed by atoms with Crippen LogP contribution in [0, 0.1) is 5.92 Å². The van der Waals surface area contributed by atoms with Crippen molar-refractivity contribution in [2.45, 2.75) is 12.8 Å². The molecular weight excluding hydrogens is 192 g/mol. The van der Waals surface area contributed by atoms with E-state index in [1.807, 2.05) is 0 Å². The molecule has 4 heteroatoms. The Balaban J connectivity index is 2.09. The third-order valence-electron chi connectivity index (χ3n) is 2.47. The third kappa shape index (κ3) is 2.46. The number of anilines is 1. The zero-order chi connectivity index (χ0) is 10.7. The van der Waals surface area contributed by atoms with Gasteiger partial charge in [-0.1, -0.05) is 0 Å². The summed E-state index contributed by atoms with van der Waals surface area (Å²) in [5.41, 5.74) is 0.501. The van der Waals surface area contributed by atoms with Gasteiger partial charge in [0.25, 0.3) is 0 Å². The monoisotopic (exact) mass is 206 g/mol. The second kappa shape index (κ2) is 4.29. The predicted octanol–water partition coefficient (Wildman–Crippen LogP) is 1.69. The highest BCUT2D eigenvalue weighted by Crippen LogP contribution is 2.29. The molecule has 1 N–H and O–H groups in total. The number of nitrogens with zero attached hydrogens (tertiary/aromatic N) is 1. The van der Waals surface area contributed by atoms with Crippen molar-refractivity contribution in [1.29, 1.82) is 0 Å². The van der Waals surface area contributed by atoms with Gasteiger partial charge < -0.3 is 10.1 Å². The van der Waals surface area contributed by atoms with E-state index in [-0.39, 0.29) is 5.97 Å². The predicted molar refractivity (Wildman–Crippen MR) is 56.8 cm³/mol. The molecule has 1 aromatic rings. The van der Waals surface area contributed by atoms with Gasteiger partial charge in [-0.25, -0.2) is 9.78 Å². The molecule has 0 spiro atoms. The topological polar surface area (TPSA) is 51.2 Å². The first kappa shape index (κ1) is 9.96. The maximum Gasteiger partial charge on any atom is 0.341 e. The van der Waals surface area contributed by atoms with E-state index in [9.17, 15) is 4.79 Å². The largest absolute Gasteiger partial charge is 0.465 e. The van der Waals surface area contributed by atoms with Gasteiger partial charge in [-0.15, -0.1) is 0 Å². The van der Waals surface area contributed by atoms with Crippen molar-refractivity contribution >= 4 is 11.8 Å². The SMILES string of the molecule is COC(=O)c1cccnc1NCC1CC1. The Hall–Kier alpha value is -1.58. The number of hydrogen-bond donors (Lipinski definition) is 1. The number of pyridine rings is 1. The van der Waals surface area contributed by atoms with Crippen molar-refractivity contribution in [2.75, 3.05) is 19.0 Å². The van der Waals surface area contributed by atoms with Crippen LogP contribution in [0.3, 0.4) is 0 Å². The van der Waals surface area contributed by atoms with Crippen LogP contribution < -0.4 is 5.32 Å². The number of aromatic nitrogens is 1. The van der Waals surface area contributed by atoms with Crippen molar-refractivity contribution in [3.8, 4) is 0 Å². The van der Waals surface area contributed by atoms with E-state index in [1.165, 1.54) is 20.0 Å². The smallest absolute Gasteiger partial charge is 0.341 e. The molecule has 0 aliphatic heterocycles. The molecule has 1 saturated carbocycles. The molecule has 0 saturated heterocycles. The molecule has 80 valence electrons. The summed E-state index contributed by atoms with van der Waals surface area (Å²) in [5.74, 6) is 1.02. The van der Waals surface area contributed by atoms with Crippen LogP contribution in [-0.2, 0) is 4.74 Å². The molecule has 15 heavy (non-hydrogen) atoms. The van der Waals surface area contributed by atoms with E-state index < -0.39 is 0 Å². The highest BCUT2D eigenvalue weighted by atomic mass is 16.5. The van der Waals surface area contributed by atoms with E-state index in [0.29, 0.717) is 11.4 Å². The number of carbonyl (C=O) groups is 1. The summed E-state index contributed by atoms with van der Waals surface area (Å²) >= 11 is 0. The zero-order valence-corrected chi connectivity index (χ0v) is 8.69. The Bertz CT molecular complexity index is 361.